The maximum atomic E-state index is 13.8. The molecule has 0 aromatic heterocycles. The van der Waals surface area contributed by atoms with Gasteiger partial charge >= 0.3 is 5.97 Å². The van der Waals surface area contributed by atoms with Crippen molar-refractivity contribution in [1.29, 1.82) is 0 Å². The zero-order valence-electron chi connectivity index (χ0n) is 28.3. The summed E-state index contributed by atoms with van der Waals surface area (Å²) in [6.45, 7) is 11.9. The predicted octanol–water partition coefficient (Wildman–Crippen LogP) is 4.91. The van der Waals surface area contributed by atoms with Crippen LogP contribution in [0.25, 0.3) is 0 Å². The summed E-state index contributed by atoms with van der Waals surface area (Å²) in [5.74, 6) is -0.815. The standard InChI is InChI=1S/C36H50O10S/c1-7-14-43-30-23(6)45-32(29(38)31(30)46-47(41,42)25-11-8-21(4)9-12-25)44-19-35-17-26-22(5)10-13-27(26)34(18-37)16-24(35)15-28(20(2)3)36(34,35)33(39)40/h8-9,11-12,15,18,20,22-24,26-27,29-32,38H,7,10,13-14,16-17,19H2,1-6H3,(H,39,40)/t22?,23-,24?,26?,27?,29+,30-,31+,32-,34?,35?,36?/m1/s1. The minimum absolute atomic E-state index is 0.0237. The highest BCUT2D eigenvalue weighted by atomic mass is 32.2. The maximum Gasteiger partial charge on any atom is 0.315 e. The molecule has 1 heterocycles. The van der Waals surface area contributed by atoms with Gasteiger partial charge in [-0.2, -0.15) is 8.42 Å². The van der Waals surface area contributed by atoms with Crippen LogP contribution in [0.3, 0.4) is 0 Å². The van der Waals surface area contributed by atoms with Gasteiger partial charge in [0.05, 0.1) is 23.0 Å². The molecule has 4 fully saturated rings. The molecule has 0 amide bonds. The molecule has 12 atom stereocenters. The van der Waals surface area contributed by atoms with E-state index in [2.05, 4.69) is 13.0 Å². The SMILES string of the molecule is CCCO[C@H]1[C@@H](OS(=O)(=O)c2ccc(C)cc2)[C@H](O)[C@H](OCC23CC4C(C)CCC4C4(C=O)CC2C=C(C(C)C)C43C(=O)O)O[C@@H]1C. The zero-order chi connectivity index (χ0) is 34.1. The van der Waals surface area contributed by atoms with Gasteiger partial charge < -0.3 is 29.2 Å². The molecule has 1 saturated heterocycles. The first-order valence-electron chi connectivity index (χ1n) is 17.2. The minimum Gasteiger partial charge on any atom is -0.481 e. The lowest BCUT2D eigenvalue weighted by atomic mass is 9.43. The lowest BCUT2D eigenvalue weighted by Crippen LogP contribution is -2.64. The molecule has 11 heteroatoms. The molecule has 1 aliphatic heterocycles. The zero-order valence-corrected chi connectivity index (χ0v) is 29.1. The maximum absolute atomic E-state index is 13.8. The molecule has 1 aromatic rings. The van der Waals surface area contributed by atoms with Crippen molar-refractivity contribution < 1.29 is 46.6 Å². The van der Waals surface area contributed by atoms with Gasteiger partial charge in [0.2, 0.25) is 0 Å². The quantitative estimate of drug-likeness (QED) is 0.178. The van der Waals surface area contributed by atoms with Crippen molar-refractivity contribution in [3.8, 4) is 0 Å². The molecule has 10 nitrogen and oxygen atoms in total. The Labute approximate surface area is 278 Å². The highest BCUT2D eigenvalue weighted by molar-refractivity contribution is 7.86. The summed E-state index contributed by atoms with van der Waals surface area (Å²) in [6.07, 6.45) is 0.633. The fourth-order valence-electron chi connectivity index (χ4n) is 10.5. The second-order valence-electron chi connectivity index (χ2n) is 15.2. The minimum atomic E-state index is -4.31. The van der Waals surface area contributed by atoms with Crippen LogP contribution < -0.4 is 0 Å². The lowest BCUT2D eigenvalue weighted by molar-refractivity contribution is -0.305. The number of aliphatic hydroxyl groups excluding tert-OH is 1. The fraction of sp³-hybridized carbons (Fsp3) is 0.722. The number of fused-ring (bicyclic) bond motifs is 2. The number of carbonyl (C=O) groups excluding carboxylic acids is 1. The number of carboxylic acids is 1. The summed E-state index contributed by atoms with van der Waals surface area (Å²) < 4.78 is 51.3. The molecule has 6 rings (SSSR count). The number of aliphatic hydroxyl groups is 1. The number of rotatable bonds is 12. The van der Waals surface area contributed by atoms with Crippen molar-refractivity contribution in [3.63, 3.8) is 0 Å². The van der Waals surface area contributed by atoms with Crippen molar-refractivity contribution in [2.24, 2.45) is 45.8 Å². The number of carbonyl (C=O) groups is 2. The van der Waals surface area contributed by atoms with Gasteiger partial charge in [-0.15, -0.1) is 0 Å². The van der Waals surface area contributed by atoms with E-state index in [0.29, 0.717) is 31.8 Å². The molecule has 0 spiro atoms. The van der Waals surface area contributed by atoms with Gasteiger partial charge in [-0.3, -0.25) is 8.98 Å². The van der Waals surface area contributed by atoms with Gasteiger partial charge in [0.15, 0.2) is 6.29 Å². The molecule has 1 aromatic carbocycles. The van der Waals surface area contributed by atoms with E-state index in [9.17, 15) is 28.2 Å². The van der Waals surface area contributed by atoms with E-state index in [1.807, 2.05) is 27.7 Å². The van der Waals surface area contributed by atoms with Gasteiger partial charge in [0.1, 0.15) is 30.0 Å². The monoisotopic (exact) mass is 674 g/mol. The van der Waals surface area contributed by atoms with Gasteiger partial charge in [-0.1, -0.05) is 63.5 Å². The van der Waals surface area contributed by atoms with E-state index in [0.717, 1.165) is 30.3 Å². The third-order valence-corrected chi connectivity index (χ3v) is 13.8. The summed E-state index contributed by atoms with van der Waals surface area (Å²) in [5, 5.41) is 23.0. The average molecular weight is 675 g/mol. The fourth-order valence-corrected chi connectivity index (χ4v) is 11.6. The van der Waals surface area contributed by atoms with Crippen LogP contribution in [0.5, 0.6) is 0 Å². The smallest absolute Gasteiger partial charge is 0.315 e. The molecular formula is C36H50O10S. The van der Waals surface area contributed by atoms with Crippen LogP contribution in [0, 0.1) is 52.8 Å². The molecule has 260 valence electrons. The number of ether oxygens (including phenoxy) is 3. The van der Waals surface area contributed by atoms with Gasteiger partial charge in [0.25, 0.3) is 10.1 Å². The average Bonchev–Trinajstić information content (AvgIpc) is 3.59. The normalized spacial score (nSPS) is 42.4. The molecule has 5 aliphatic rings. The number of carboxylic acid groups (broad SMARTS) is 1. The molecule has 2 N–H and O–H groups in total. The third kappa shape index (κ3) is 4.93. The Morgan fingerprint density at radius 1 is 1.11 bits per heavy atom. The van der Waals surface area contributed by atoms with Crippen molar-refractivity contribution in [2.45, 2.75) is 109 Å². The Morgan fingerprint density at radius 3 is 2.43 bits per heavy atom. The van der Waals surface area contributed by atoms with Crippen LogP contribution in [0.15, 0.2) is 40.8 Å². The number of hydrogen-bond acceptors (Lipinski definition) is 9. The summed E-state index contributed by atoms with van der Waals surface area (Å²) in [7, 11) is -4.31. The summed E-state index contributed by atoms with van der Waals surface area (Å²) >= 11 is 0. The van der Waals surface area contributed by atoms with Crippen molar-refractivity contribution in [2.75, 3.05) is 13.2 Å². The van der Waals surface area contributed by atoms with E-state index in [1.165, 1.54) is 12.1 Å². The Hall–Kier alpha value is -2.15. The van der Waals surface area contributed by atoms with E-state index in [-0.39, 0.29) is 35.2 Å². The van der Waals surface area contributed by atoms with E-state index < -0.39 is 63.0 Å². The van der Waals surface area contributed by atoms with E-state index in [1.54, 1.807) is 19.1 Å². The number of allylic oxidation sites excluding steroid dienone is 1. The van der Waals surface area contributed by atoms with Crippen LogP contribution in [0.2, 0.25) is 0 Å². The van der Waals surface area contributed by atoms with Crippen LogP contribution in [-0.4, -0.2) is 74.8 Å². The van der Waals surface area contributed by atoms with Gasteiger partial charge in [-0.25, -0.2) is 0 Å². The third-order valence-electron chi connectivity index (χ3n) is 12.4. The predicted molar refractivity (Wildman–Crippen MR) is 172 cm³/mol. The largest absolute Gasteiger partial charge is 0.481 e. The van der Waals surface area contributed by atoms with Crippen LogP contribution in [0.1, 0.15) is 72.3 Å². The number of hydrogen-bond donors (Lipinski definition) is 2. The number of aryl methyl sites for hydroxylation is 1. The molecule has 4 aliphatic carbocycles. The molecule has 47 heavy (non-hydrogen) atoms. The second kappa shape index (κ2) is 12.3. The van der Waals surface area contributed by atoms with E-state index in [4.69, 9.17) is 18.4 Å². The Kier molecular flexibility index (Phi) is 9.09. The summed E-state index contributed by atoms with van der Waals surface area (Å²) in [4.78, 5) is 27.1. The van der Waals surface area contributed by atoms with Crippen LogP contribution >= 0.6 is 0 Å². The Bertz CT molecular complexity index is 1510. The van der Waals surface area contributed by atoms with Gasteiger partial charge in [0, 0.05) is 12.0 Å². The Morgan fingerprint density at radius 2 is 1.81 bits per heavy atom. The summed E-state index contributed by atoms with van der Waals surface area (Å²) in [6, 6.07) is 6.25. The first-order valence-corrected chi connectivity index (χ1v) is 18.6. The van der Waals surface area contributed by atoms with Gasteiger partial charge in [-0.05, 0) is 81.3 Å². The highest BCUT2D eigenvalue weighted by Crippen LogP contribution is 2.82. The summed E-state index contributed by atoms with van der Waals surface area (Å²) in [5.41, 5.74) is -1.77. The Balaban J connectivity index is 1.34. The molecule has 7 unspecified atom stereocenters. The lowest BCUT2D eigenvalue weighted by Gasteiger charge is -2.58. The highest BCUT2D eigenvalue weighted by Gasteiger charge is 2.84. The number of aldehydes is 1. The van der Waals surface area contributed by atoms with Crippen LogP contribution in [0.4, 0.5) is 0 Å². The van der Waals surface area contributed by atoms with Crippen molar-refractivity contribution >= 4 is 22.4 Å². The molecular weight excluding hydrogens is 624 g/mol. The molecule has 4 bridgehead atoms. The number of aliphatic carboxylic acids is 1. The van der Waals surface area contributed by atoms with Crippen molar-refractivity contribution in [3.05, 3.63) is 41.5 Å². The first-order chi connectivity index (χ1) is 22.2. The van der Waals surface area contributed by atoms with Crippen LogP contribution in [-0.2, 0) is 38.1 Å². The number of benzene rings is 1. The molecule has 3 saturated carbocycles. The van der Waals surface area contributed by atoms with Crippen molar-refractivity contribution in [1.82, 2.24) is 0 Å². The first kappa shape index (κ1) is 34.7. The topological polar surface area (TPSA) is 146 Å². The van der Waals surface area contributed by atoms with E-state index >= 15 is 0 Å². The second-order valence-corrected chi connectivity index (χ2v) is 16.7. The molecule has 0 radical (unpaired) electrons.